The van der Waals surface area contributed by atoms with E-state index in [1.807, 2.05) is 32.0 Å². The predicted molar refractivity (Wildman–Crippen MR) is 61.8 cm³/mol. The summed E-state index contributed by atoms with van der Waals surface area (Å²) in [4.78, 5) is 3.98. The molecule has 0 spiro atoms. The second-order valence-corrected chi connectivity index (χ2v) is 3.66. The number of nitrogen functional groups attached to an aromatic ring is 1. The van der Waals surface area contributed by atoms with Gasteiger partial charge in [-0.25, -0.2) is 0 Å². The predicted octanol–water partition coefficient (Wildman–Crippen LogP) is 1.47. The van der Waals surface area contributed by atoms with E-state index in [4.69, 9.17) is 10.5 Å². The van der Waals surface area contributed by atoms with E-state index < -0.39 is 0 Å². The highest BCUT2D eigenvalue weighted by Crippen LogP contribution is 2.19. The highest BCUT2D eigenvalue weighted by molar-refractivity contribution is 5.46. The number of methoxy groups -OCH3 is 1. The minimum atomic E-state index is 0.276. The standard InChI is InChI=1S/C11H14N4O/c1-7-4-5-8(2)9(6-7)15-10(12)13-11(14-15)16-3/h4-6H,1-3H3,(H2,12,13,14). The van der Waals surface area contributed by atoms with E-state index in [1.165, 1.54) is 7.11 Å². The molecule has 0 aliphatic rings. The van der Waals surface area contributed by atoms with E-state index in [-0.39, 0.29) is 6.01 Å². The molecule has 0 saturated carbocycles. The molecular formula is C11H14N4O. The number of nitrogens with two attached hydrogens (primary N) is 1. The lowest BCUT2D eigenvalue weighted by Gasteiger charge is -2.07. The summed E-state index contributed by atoms with van der Waals surface area (Å²) in [5.74, 6) is 0.325. The molecule has 0 aliphatic heterocycles. The molecule has 0 fully saturated rings. The van der Waals surface area contributed by atoms with Gasteiger partial charge in [-0.2, -0.15) is 9.67 Å². The molecule has 2 aromatic rings. The van der Waals surface area contributed by atoms with E-state index in [1.54, 1.807) is 4.68 Å². The molecule has 16 heavy (non-hydrogen) atoms. The van der Waals surface area contributed by atoms with Gasteiger partial charge in [0, 0.05) is 0 Å². The van der Waals surface area contributed by atoms with E-state index in [2.05, 4.69) is 10.1 Å². The van der Waals surface area contributed by atoms with E-state index in [0.29, 0.717) is 5.95 Å². The van der Waals surface area contributed by atoms with Gasteiger partial charge in [-0.15, -0.1) is 5.10 Å². The highest BCUT2D eigenvalue weighted by atomic mass is 16.5. The molecular weight excluding hydrogens is 204 g/mol. The maximum absolute atomic E-state index is 5.78. The molecule has 5 heteroatoms. The normalized spacial score (nSPS) is 10.4. The fraction of sp³-hybridized carbons (Fsp3) is 0.273. The summed E-state index contributed by atoms with van der Waals surface area (Å²) in [7, 11) is 1.52. The smallest absolute Gasteiger partial charge is 0.337 e. The van der Waals surface area contributed by atoms with Crippen LogP contribution >= 0.6 is 0 Å². The third-order valence-corrected chi connectivity index (χ3v) is 2.39. The lowest BCUT2D eigenvalue weighted by molar-refractivity contribution is 0.380. The molecule has 0 unspecified atom stereocenters. The topological polar surface area (TPSA) is 66.0 Å². The zero-order valence-electron chi connectivity index (χ0n) is 9.56. The summed E-state index contributed by atoms with van der Waals surface area (Å²) < 4.78 is 6.53. The average Bonchev–Trinajstić information content (AvgIpc) is 2.63. The number of ether oxygens (including phenoxy) is 1. The van der Waals surface area contributed by atoms with Gasteiger partial charge in [0.25, 0.3) is 0 Å². The fourth-order valence-corrected chi connectivity index (χ4v) is 1.52. The van der Waals surface area contributed by atoms with E-state index in [9.17, 15) is 0 Å². The van der Waals surface area contributed by atoms with Crippen molar-refractivity contribution in [3.63, 3.8) is 0 Å². The van der Waals surface area contributed by atoms with Crippen LogP contribution < -0.4 is 10.5 Å². The van der Waals surface area contributed by atoms with Gasteiger partial charge in [0.15, 0.2) is 0 Å². The quantitative estimate of drug-likeness (QED) is 0.829. The Labute approximate surface area is 93.9 Å². The fourth-order valence-electron chi connectivity index (χ4n) is 1.52. The van der Waals surface area contributed by atoms with E-state index in [0.717, 1.165) is 16.8 Å². The molecule has 0 radical (unpaired) electrons. The number of nitrogens with zero attached hydrogens (tertiary/aromatic N) is 3. The summed E-state index contributed by atoms with van der Waals surface area (Å²) in [6.45, 7) is 4.02. The first-order valence-corrected chi connectivity index (χ1v) is 4.96. The second-order valence-electron chi connectivity index (χ2n) is 3.66. The second kappa shape index (κ2) is 3.84. The van der Waals surface area contributed by atoms with Crippen LogP contribution in [-0.2, 0) is 0 Å². The summed E-state index contributed by atoms with van der Waals surface area (Å²) in [5, 5.41) is 4.16. The number of benzene rings is 1. The van der Waals surface area contributed by atoms with Crippen molar-refractivity contribution < 1.29 is 4.74 Å². The van der Waals surface area contributed by atoms with Gasteiger partial charge in [0.1, 0.15) is 0 Å². The van der Waals surface area contributed by atoms with Crippen LogP contribution in [0.25, 0.3) is 5.69 Å². The highest BCUT2D eigenvalue weighted by Gasteiger charge is 2.10. The van der Waals surface area contributed by atoms with Crippen molar-refractivity contribution in [3.8, 4) is 11.7 Å². The zero-order chi connectivity index (χ0) is 11.7. The van der Waals surface area contributed by atoms with Crippen molar-refractivity contribution in [1.29, 1.82) is 0 Å². The molecule has 84 valence electrons. The van der Waals surface area contributed by atoms with Crippen LogP contribution in [-0.4, -0.2) is 21.9 Å². The summed E-state index contributed by atoms with van der Waals surface area (Å²) >= 11 is 0. The van der Waals surface area contributed by atoms with Crippen LogP contribution in [0.1, 0.15) is 11.1 Å². The Morgan fingerprint density at radius 3 is 2.69 bits per heavy atom. The molecule has 0 atom stereocenters. The first kappa shape index (κ1) is 10.5. The molecule has 2 N–H and O–H groups in total. The Hall–Kier alpha value is -2.04. The molecule has 2 rings (SSSR count). The molecule has 0 saturated heterocycles. The van der Waals surface area contributed by atoms with Crippen LogP contribution in [0, 0.1) is 13.8 Å². The monoisotopic (exact) mass is 218 g/mol. The van der Waals surface area contributed by atoms with Crippen LogP contribution in [0.3, 0.4) is 0 Å². The van der Waals surface area contributed by atoms with Crippen molar-refractivity contribution in [2.45, 2.75) is 13.8 Å². The third kappa shape index (κ3) is 1.71. The summed E-state index contributed by atoms with van der Waals surface area (Å²) in [5.41, 5.74) is 8.94. The van der Waals surface area contributed by atoms with Gasteiger partial charge in [-0.3, -0.25) is 0 Å². The SMILES string of the molecule is COc1nc(N)n(-c2cc(C)ccc2C)n1. The number of aryl methyl sites for hydroxylation is 2. The van der Waals surface area contributed by atoms with Gasteiger partial charge < -0.3 is 10.5 Å². The van der Waals surface area contributed by atoms with E-state index >= 15 is 0 Å². The minimum absolute atomic E-state index is 0.276. The Kier molecular flexibility index (Phi) is 2.52. The molecule has 1 heterocycles. The lowest BCUT2D eigenvalue weighted by atomic mass is 10.1. The van der Waals surface area contributed by atoms with Crippen molar-refractivity contribution >= 4 is 5.95 Å². The number of anilines is 1. The number of aromatic nitrogens is 3. The first-order chi connectivity index (χ1) is 7.61. The molecule has 0 aliphatic carbocycles. The van der Waals surface area contributed by atoms with Crippen molar-refractivity contribution in [3.05, 3.63) is 29.3 Å². The number of hydrogen-bond acceptors (Lipinski definition) is 4. The summed E-state index contributed by atoms with van der Waals surface area (Å²) in [6.07, 6.45) is 0. The Morgan fingerprint density at radius 2 is 2.06 bits per heavy atom. The van der Waals surface area contributed by atoms with Crippen LogP contribution in [0.2, 0.25) is 0 Å². The Bertz CT molecular complexity index is 519. The number of hydrogen-bond donors (Lipinski definition) is 1. The lowest BCUT2D eigenvalue weighted by Crippen LogP contribution is -2.04. The largest absolute Gasteiger partial charge is 0.466 e. The van der Waals surface area contributed by atoms with Gasteiger partial charge >= 0.3 is 6.01 Å². The molecule has 5 nitrogen and oxygen atoms in total. The van der Waals surface area contributed by atoms with Crippen LogP contribution in [0.5, 0.6) is 6.01 Å². The Morgan fingerprint density at radius 1 is 1.31 bits per heavy atom. The third-order valence-electron chi connectivity index (χ3n) is 2.39. The van der Waals surface area contributed by atoms with Crippen molar-refractivity contribution in [2.75, 3.05) is 12.8 Å². The van der Waals surface area contributed by atoms with Gasteiger partial charge in [0.2, 0.25) is 5.95 Å². The van der Waals surface area contributed by atoms with Gasteiger partial charge in [-0.05, 0) is 31.0 Å². The van der Waals surface area contributed by atoms with Gasteiger partial charge in [-0.1, -0.05) is 12.1 Å². The minimum Gasteiger partial charge on any atom is -0.466 e. The maximum atomic E-state index is 5.78. The van der Waals surface area contributed by atoms with Gasteiger partial charge in [0.05, 0.1) is 12.8 Å². The Balaban J connectivity index is 2.57. The van der Waals surface area contributed by atoms with Crippen LogP contribution in [0.4, 0.5) is 5.95 Å². The van der Waals surface area contributed by atoms with Crippen LogP contribution in [0.15, 0.2) is 18.2 Å². The molecule has 1 aromatic heterocycles. The number of rotatable bonds is 2. The molecule has 0 amide bonds. The maximum Gasteiger partial charge on any atom is 0.337 e. The van der Waals surface area contributed by atoms with Crippen molar-refractivity contribution in [1.82, 2.24) is 14.8 Å². The zero-order valence-corrected chi connectivity index (χ0v) is 9.56. The molecule has 0 bridgehead atoms. The first-order valence-electron chi connectivity index (χ1n) is 4.96. The average molecular weight is 218 g/mol. The molecule has 1 aromatic carbocycles. The van der Waals surface area contributed by atoms with Crippen molar-refractivity contribution in [2.24, 2.45) is 0 Å². The summed E-state index contributed by atoms with van der Waals surface area (Å²) in [6, 6.07) is 6.36.